The summed E-state index contributed by atoms with van der Waals surface area (Å²) >= 11 is 0. The summed E-state index contributed by atoms with van der Waals surface area (Å²) in [5.41, 5.74) is -0.513. The highest BCUT2D eigenvalue weighted by Crippen LogP contribution is 2.17. The van der Waals surface area contributed by atoms with Crippen molar-refractivity contribution in [1.29, 1.82) is 0 Å². The maximum absolute atomic E-state index is 12.4. The number of rotatable bonds is 4. The van der Waals surface area contributed by atoms with E-state index in [4.69, 9.17) is 4.74 Å². The van der Waals surface area contributed by atoms with Crippen LogP contribution in [0.3, 0.4) is 0 Å². The van der Waals surface area contributed by atoms with Gasteiger partial charge >= 0.3 is 6.09 Å². The molecule has 0 unspecified atom stereocenters. The van der Waals surface area contributed by atoms with Crippen molar-refractivity contribution in [3.05, 3.63) is 0 Å². The Balaban J connectivity index is 1.83. The lowest BCUT2D eigenvalue weighted by Gasteiger charge is -2.31. The van der Waals surface area contributed by atoms with Crippen LogP contribution in [0, 0.1) is 0 Å². The number of hydrogen-bond acceptors (Lipinski definition) is 4. The van der Waals surface area contributed by atoms with Crippen LogP contribution in [0.1, 0.15) is 59.8 Å². The molecule has 0 radical (unpaired) electrons. The highest BCUT2D eigenvalue weighted by atomic mass is 16.6. The van der Waals surface area contributed by atoms with Crippen molar-refractivity contribution in [1.82, 2.24) is 14.7 Å². The number of carbonyl (C=O) groups excluding carboxylic acids is 2. The zero-order chi connectivity index (χ0) is 18.4. The van der Waals surface area contributed by atoms with Crippen LogP contribution in [-0.2, 0) is 9.53 Å². The van der Waals surface area contributed by atoms with Gasteiger partial charge in [-0.2, -0.15) is 0 Å². The third kappa shape index (κ3) is 6.49. The molecule has 2 heterocycles. The molecule has 0 saturated carbocycles. The molecule has 2 saturated heterocycles. The molecule has 2 amide bonds. The van der Waals surface area contributed by atoms with Crippen molar-refractivity contribution in [2.45, 2.75) is 71.4 Å². The summed E-state index contributed by atoms with van der Waals surface area (Å²) in [5, 5.41) is 0. The molecule has 6 heteroatoms. The van der Waals surface area contributed by atoms with Gasteiger partial charge in [-0.25, -0.2) is 4.79 Å². The Morgan fingerprint density at radius 2 is 1.80 bits per heavy atom. The SMILES string of the molecule is C[C@@H]1CN(CCCN2CCCCC2)C(=O)CCN1C(=O)OC(C)(C)C. The Morgan fingerprint density at radius 1 is 1.12 bits per heavy atom. The van der Waals surface area contributed by atoms with E-state index in [0.717, 1.165) is 19.5 Å². The standard InChI is InChI=1S/C19H35N3O3/c1-16-15-21(13-8-12-20-10-6-5-7-11-20)17(23)9-14-22(16)18(24)25-19(2,3)4/h16H,5-15H2,1-4H3/t16-/m1/s1. The van der Waals surface area contributed by atoms with Crippen molar-refractivity contribution < 1.29 is 14.3 Å². The highest BCUT2D eigenvalue weighted by molar-refractivity contribution is 5.78. The molecule has 144 valence electrons. The average Bonchev–Trinajstić information content (AvgIpc) is 2.66. The molecule has 0 N–H and O–H groups in total. The van der Waals surface area contributed by atoms with Gasteiger partial charge in [0.1, 0.15) is 5.60 Å². The molecule has 2 fully saturated rings. The number of hydrogen-bond donors (Lipinski definition) is 0. The number of nitrogens with zero attached hydrogens (tertiary/aromatic N) is 3. The van der Waals surface area contributed by atoms with E-state index in [2.05, 4.69) is 4.90 Å². The summed E-state index contributed by atoms with van der Waals surface area (Å²) in [5.74, 6) is 0.150. The molecule has 0 aromatic rings. The summed E-state index contributed by atoms with van der Waals surface area (Å²) in [6.45, 7) is 12.9. The summed E-state index contributed by atoms with van der Waals surface area (Å²) in [4.78, 5) is 30.9. The summed E-state index contributed by atoms with van der Waals surface area (Å²) in [6, 6.07) is -0.0173. The third-order valence-corrected chi connectivity index (χ3v) is 4.92. The van der Waals surface area contributed by atoms with Gasteiger partial charge in [0.25, 0.3) is 0 Å². The number of amides is 2. The van der Waals surface area contributed by atoms with E-state index >= 15 is 0 Å². The molecule has 2 aliphatic rings. The van der Waals surface area contributed by atoms with Gasteiger partial charge in [-0.1, -0.05) is 6.42 Å². The van der Waals surface area contributed by atoms with Gasteiger partial charge in [-0.15, -0.1) is 0 Å². The van der Waals surface area contributed by atoms with E-state index in [1.807, 2.05) is 32.6 Å². The Bertz CT molecular complexity index is 455. The van der Waals surface area contributed by atoms with Crippen molar-refractivity contribution in [3.8, 4) is 0 Å². The first-order valence-corrected chi connectivity index (χ1v) is 9.76. The highest BCUT2D eigenvalue weighted by Gasteiger charge is 2.31. The normalized spacial score (nSPS) is 23.5. The van der Waals surface area contributed by atoms with E-state index in [1.165, 1.54) is 32.4 Å². The maximum atomic E-state index is 12.4. The van der Waals surface area contributed by atoms with Crippen LogP contribution >= 0.6 is 0 Å². The number of piperidine rings is 1. The number of likely N-dealkylation sites (tertiary alicyclic amines) is 1. The molecular formula is C19H35N3O3. The molecule has 1 atom stereocenters. The van der Waals surface area contributed by atoms with Gasteiger partial charge < -0.3 is 19.4 Å². The Labute approximate surface area is 152 Å². The molecule has 25 heavy (non-hydrogen) atoms. The quantitative estimate of drug-likeness (QED) is 0.780. The van der Waals surface area contributed by atoms with Crippen LogP contribution in [0.15, 0.2) is 0 Å². The monoisotopic (exact) mass is 353 g/mol. The number of carbonyl (C=O) groups is 2. The van der Waals surface area contributed by atoms with Crippen molar-refractivity contribution in [2.24, 2.45) is 0 Å². The van der Waals surface area contributed by atoms with Gasteiger partial charge in [0.15, 0.2) is 0 Å². The van der Waals surface area contributed by atoms with Gasteiger partial charge in [-0.3, -0.25) is 4.79 Å². The largest absolute Gasteiger partial charge is 0.444 e. The van der Waals surface area contributed by atoms with Gasteiger partial charge in [0.05, 0.1) is 0 Å². The lowest BCUT2D eigenvalue weighted by atomic mass is 10.1. The lowest BCUT2D eigenvalue weighted by molar-refractivity contribution is -0.130. The molecular weight excluding hydrogens is 318 g/mol. The van der Waals surface area contributed by atoms with Crippen molar-refractivity contribution in [2.75, 3.05) is 39.3 Å². The second kappa shape index (κ2) is 8.88. The molecule has 2 rings (SSSR count). The van der Waals surface area contributed by atoms with Crippen LogP contribution in [0.4, 0.5) is 4.79 Å². The second-order valence-electron chi connectivity index (χ2n) is 8.37. The van der Waals surface area contributed by atoms with Crippen LogP contribution in [-0.4, -0.2) is 77.6 Å². The summed E-state index contributed by atoms with van der Waals surface area (Å²) in [6.07, 6.45) is 5.01. The van der Waals surface area contributed by atoms with Crippen LogP contribution < -0.4 is 0 Å². The smallest absolute Gasteiger partial charge is 0.410 e. The fraction of sp³-hybridized carbons (Fsp3) is 0.895. The van der Waals surface area contributed by atoms with E-state index in [9.17, 15) is 9.59 Å². The van der Waals surface area contributed by atoms with Gasteiger partial charge in [0.2, 0.25) is 5.91 Å². The van der Waals surface area contributed by atoms with E-state index in [-0.39, 0.29) is 18.0 Å². The first-order valence-electron chi connectivity index (χ1n) is 9.76. The predicted octanol–water partition coefficient (Wildman–Crippen LogP) is 2.72. The van der Waals surface area contributed by atoms with Crippen LogP contribution in [0.2, 0.25) is 0 Å². The molecule has 0 aromatic carbocycles. The first kappa shape index (κ1) is 20.0. The number of ether oxygens (including phenoxy) is 1. The molecule has 0 aromatic heterocycles. The van der Waals surface area contributed by atoms with E-state index in [0.29, 0.717) is 19.5 Å². The summed E-state index contributed by atoms with van der Waals surface area (Å²) < 4.78 is 5.48. The molecule has 0 bridgehead atoms. The van der Waals surface area contributed by atoms with E-state index in [1.54, 1.807) is 4.90 Å². The molecule has 0 aliphatic carbocycles. The molecule has 0 spiro atoms. The third-order valence-electron chi connectivity index (χ3n) is 4.92. The first-order chi connectivity index (χ1) is 11.8. The Morgan fingerprint density at radius 3 is 2.44 bits per heavy atom. The molecule has 6 nitrogen and oxygen atoms in total. The predicted molar refractivity (Wildman–Crippen MR) is 98.5 cm³/mol. The van der Waals surface area contributed by atoms with Gasteiger partial charge in [-0.05, 0) is 66.6 Å². The van der Waals surface area contributed by atoms with Crippen LogP contribution in [0.25, 0.3) is 0 Å². The van der Waals surface area contributed by atoms with E-state index < -0.39 is 5.60 Å². The Kier molecular flexibility index (Phi) is 7.11. The second-order valence-corrected chi connectivity index (χ2v) is 8.37. The van der Waals surface area contributed by atoms with Crippen molar-refractivity contribution in [3.63, 3.8) is 0 Å². The zero-order valence-electron chi connectivity index (χ0n) is 16.4. The minimum atomic E-state index is -0.513. The lowest BCUT2D eigenvalue weighted by Crippen LogP contribution is -2.45. The maximum Gasteiger partial charge on any atom is 0.410 e. The van der Waals surface area contributed by atoms with Crippen LogP contribution in [0.5, 0.6) is 0 Å². The topological polar surface area (TPSA) is 53.1 Å². The molecule has 2 aliphatic heterocycles. The minimum absolute atomic E-state index is 0.0173. The zero-order valence-corrected chi connectivity index (χ0v) is 16.4. The fourth-order valence-corrected chi connectivity index (χ4v) is 3.59. The van der Waals surface area contributed by atoms with Crippen molar-refractivity contribution >= 4 is 12.0 Å². The Hall–Kier alpha value is -1.30. The minimum Gasteiger partial charge on any atom is -0.444 e. The average molecular weight is 354 g/mol. The van der Waals surface area contributed by atoms with Gasteiger partial charge in [0, 0.05) is 32.1 Å². The summed E-state index contributed by atoms with van der Waals surface area (Å²) in [7, 11) is 0. The fourth-order valence-electron chi connectivity index (χ4n) is 3.59.